The molecule has 118 valence electrons. The third-order valence-electron chi connectivity index (χ3n) is 3.47. The van der Waals surface area contributed by atoms with Gasteiger partial charge in [-0.3, -0.25) is 0 Å². The zero-order valence-corrected chi connectivity index (χ0v) is 13.1. The number of pyridine rings is 2. The third-order valence-corrected chi connectivity index (χ3v) is 3.69. The van der Waals surface area contributed by atoms with E-state index in [0.717, 1.165) is 11.3 Å². The number of carbonyl (C=O) groups is 1. The summed E-state index contributed by atoms with van der Waals surface area (Å²) in [5.74, 6) is -0.485. The van der Waals surface area contributed by atoms with Crippen LogP contribution >= 0.6 is 11.6 Å². The molecule has 7 nitrogen and oxygen atoms in total. The quantitative estimate of drug-likeness (QED) is 0.433. The lowest BCUT2D eigenvalue weighted by molar-refractivity contribution is -0.587. The molecule has 0 aromatic carbocycles. The first-order valence-corrected chi connectivity index (χ1v) is 7.26. The molecule has 0 spiro atoms. The van der Waals surface area contributed by atoms with Gasteiger partial charge in [-0.15, -0.1) is 4.52 Å². The van der Waals surface area contributed by atoms with Gasteiger partial charge in [0.1, 0.15) is 10.8 Å². The van der Waals surface area contributed by atoms with Crippen LogP contribution < -0.4 is 10.2 Å². The Labute approximate surface area is 136 Å². The van der Waals surface area contributed by atoms with Gasteiger partial charge in [-0.2, -0.15) is 9.67 Å². The molecule has 8 heteroatoms. The molecular weight excluding hydrogens is 320 g/mol. The predicted octanol–water partition coefficient (Wildman–Crippen LogP) is 0.727. The van der Waals surface area contributed by atoms with Crippen molar-refractivity contribution in [2.45, 2.75) is 13.0 Å². The molecular formula is C15H14ClN4O3+. The van der Waals surface area contributed by atoms with Gasteiger partial charge in [0.15, 0.2) is 6.54 Å². The van der Waals surface area contributed by atoms with E-state index in [1.54, 1.807) is 22.8 Å². The SMILES string of the molecule is COC(=O)Cn1c(=O)[nH][n+]2c(Cc3ccc(Cl)nc3)cccc12. The van der Waals surface area contributed by atoms with Crippen LogP contribution in [0.15, 0.2) is 41.3 Å². The van der Waals surface area contributed by atoms with Gasteiger partial charge in [0.2, 0.25) is 0 Å². The zero-order chi connectivity index (χ0) is 16.4. The van der Waals surface area contributed by atoms with E-state index in [0.29, 0.717) is 17.2 Å². The van der Waals surface area contributed by atoms with Crippen molar-refractivity contribution in [3.63, 3.8) is 0 Å². The highest BCUT2D eigenvalue weighted by Gasteiger charge is 2.20. The Morgan fingerprint density at radius 1 is 1.39 bits per heavy atom. The van der Waals surface area contributed by atoms with Crippen molar-refractivity contribution < 1.29 is 14.0 Å². The molecule has 0 fully saturated rings. The number of fused-ring (bicyclic) bond motifs is 1. The number of hydrogen-bond acceptors (Lipinski definition) is 4. The number of H-pyrrole nitrogens is 1. The fourth-order valence-corrected chi connectivity index (χ4v) is 2.46. The van der Waals surface area contributed by atoms with Crippen molar-refractivity contribution in [3.8, 4) is 0 Å². The molecule has 1 N–H and O–H groups in total. The number of halogens is 1. The van der Waals surface area contributed by atoms with Crippen LogP contribution in [0.25, 0.3) is 5.65 Å². The summed E-state index contributed by atoms with van der Waals surface area (Å²) in [5.41, 5.74) is 2.01. The molecule has 0 saturated carbocycles. The Morgan fingerprint density at radius 2 is 2.22 bits per heavy atom. The van der Waals surface area contributed by atoms with Crippen LogP contribution in [-0.2, 0) is 22.5 Å². The molecule has 0 aliphatic heterocycles. The maximum atomic E-state index is 12.1. The van der Waals surface area contributed by atoms with Gasteiger partial charge in [0.25, 0.3) is 0 Å². The summed E-state index contributed by atoms with van der Waals surface area (Å²) in [6, 6.07) is 9.06. The molecule has 0 aliphatic rings. The van der Waals surface area contributed by atoms with E-state index >= 15 is 0 Å². The third kappa shape index (κ3) is 3.09. The summed E-state index contributed by atoms with van der Waals surface area (Å²) < 4.78 is 7.60. The van der Waals surface area contributed by atoms with E-state index in [1.165, 1.54) is 11.7 Å². The number of nitrogens with one attached hydrogen (secondary N) is 1. The Kier molecular flexibility index (Phi) is 4.12. The van der Waals surface area contributed by atoms with Crippen LogP contribution in [-0.4, -0.2) is 27.7 Å². The van der Waals surface area contributed by atoms with Crippen molar-refractivity contribution in [1.29, 1.82) is 0 Å². The first kappa shape index (κ1) is 15.2. The zero-order valence-electron chi connectivity index (χ0n) is 12.3. The Bertz CT molecular complexity index is 915. The first-order valence-electron chi connectivity index (χ1n) is 6.88. The number of aromatic amines is 1. The van der Waals surface area contributed by atoms with Crippen LogP contribution in [0.1, 0.15) is 11.3 Å². The average Bonchev–Trinajstić information content (AvgIpc) is 2.87. The monoisotopic (exact) mass is 333 g/mol. The number of carbonyl (C=O) groups excluding carboxylic acids is 1. The highest BCUT2D eigenvalue weighted by molar-refractivity contribution is 6.29. The molecule has 3 heterocycles. The summed E-state index contributed by atoms with van der Waals surface area (Å²) in [5, 5.41) is 3.15. The van der Waals surface area contributed by atoms with E-state index in [9.17, 15) is 9.59 Å². The molecule has 0 saturated heterocycles. The molecule has 23 heavy (non-hydrogen) atoms. The second-order valence-electron chi connectivity index (χ2n) is 4.96. The fourth-order valence-electron chi connectivity index (χ4n) is 2.35. The van der Waals surface area contributed by atoms with E-state index in [4.69, 9.17) is 11.6 Å². The molecule has 3 rings (SSSR count). The lowest BCUT2D eigenvalue weighted by Gasteiger charge is -2.00. The Morgan fingerprint density at radius 3 is 2.91 bits per heavy atom. The summed E-state index contributed by atoms with van der Waals surface area (Å²) in [6.07, 6.45) is 2.25. The van der Waals surface area contributed by atoms with Gasteiger partial charge in [0, 0.05) is 18.7 Å². The second-order valence-corrected chi connectivity index (χ2v) is 5.34. The summed E-state index contributed by atoms with van der Waals surface area (Å²) >= 11 is 5.79. The van der Waals surface area contributed by atoms with Crippen molar-refractivity contribution in [2.75, 3.05) is 7.11 Å². The maximum absolute atomic E-state index is 12.1. The summed E-state index contributed by atoms with van der Waals surface area (Å²) in [4.78, 5) is 27.6. The van der Waals surface area contributed by atoms with Crippen LogP contribution in [0.3, 0.4) is 0 Å². The number of rotatable bonds is 4. The number of methoxy groups -OCH3 is 1. The van der Waals surface area contributed by atoms with Crippen molar-refractivity contribution in [1.82, 2.24) is 14.6 Å². The van der Waals surface area contributed by atoms with Gasteiger partial charge in [-0.05, 0) is 17.7 Å². The number of hydrogen-bond donors (Lipinski definition) is 1. The molecule has 3 aromatic rings. The fraction of sp³-hybridized carbons (Fsp3) is 0.200. The summed E-state index contributed by atoms with van der Waals surface area (Å²) in [6.45, 7) is -0.145. The Balaban J connectivity index is 2.02. The minimum Gasteiger partial charge on any atom is -0.466 e. The van der Waals surface area contributed by atoms with E-state index in [2.05, 4.69) is 14.8 Å². The van der Waals surface area contributed by atoms with Crippen molar-refractivity contribution in [2.24, 2.45) is 0 Å². The molecule has 0 radical (unpaired) electrons. The largest absolute Gasteiger partial charge is 0.466 e. The minimum atomic E-state index is -0.485. The second kappa shape index (κ2) is 6.21. The number of esters is 1. The lowest BCUT2D eigenvalue weighted by Crippen LogP contribution is -2.31. The van der Waals surface area contributed by atoms with Gasteiger partial charge < -0.3 is 4.74 Å². The van der Waals surface area contributed by atoms with E-state index < -0.39 is 5.97 Å². The lowest BCUT2D eigenvalue weighted by atomic mass is 10.1. The normalized spacial score (nSPS) is 10.9. The maximum Gasteiger partial charge on any atom is 0.445 e. The topological polar surface area (TPSA) is 81.1 Å². The first-order chi connectivity index (χ1) is 11.1. The molecule has 0 aliphatic carbocycles. The van der Waals surface area contributed by atoms with Crippen molar-refractivity contribution in [3.05, 3.63) is 63.4 Å². The highest BCUT2D eigenvalue weighted by Crippen LogP contribution is 2.09. The van der Waals surface area contributed by atoms with Gasteiger partial charge >= 0.3 is 17.3 Å². The standard InChI is InChI=1S/C15H13ClN4O3/c1-23-14(21)9-19-13-4-2-3-11(20(13)18-15(19)22)7-10-5-6-12(16)17-8-10/h2-6,8H,7,9H2,1H3/p+1. The molecule has 0 unspecified atom stereocenters. The van der Waals surface area contributed by atoms with Gasteiger partial charge in [0.05, 0.1) is 7.11 Å². The van der Waals surface area contributed by atoms with Crippen LogP contribution in [0.5, 0.6) is 0 Å². The smallest absolute Gasteiger partial charge is 0.445 e. The highest BCUT2D eigenvalue weighted by atomic mass is 35.5. The molecule has 0 amide bonds. The molecule has 3 aromatic heterocycles. The Hall–Kier alpha value is -2.67. The van der Waals surface area contributed by atoms with Crippen LogP contribution in [0, 0.1) is 0 Å². The van der Waals surface area contributed by atoms with Gasteiger partial charge in [-0.25, -0.2) is 14.6 Å². The van der Waals surface area contributed by atoms with Crippen LogP contribution in [0.4, 0.5) is 0 Å². The van der Waals surface area contributed by atoms with E-state index in [-0.39, 0.29) is 12.2 Å². The van der Waals surface area contributed by atoms with E-state index in [1.807, 2.05) is 18.2 Å². The number of aromatic nitrogens is 4. The van der Waals surface area contributed by atoms with Gasteiger partial charge in [-0.1, -0.05) is 23.7 Å². The predicted molar refractivity (Wildman–Crippen MR) is 82.3 cm³/mol. The minimum absolute atomic E-state index is 0.145. The number of nitrogens with zero attached hydrogens (tertiary/aromatic N) is 3. The molecule has 0 bridgehead atoms. The van der Waals surface area contributed by atoms with Crippen LogP contribution in [0.2, 0.25) is 5.15 Å². The average molecular weight is 334 g/mol. The summed E-state index contributed by atoms with van der Waals surface area (Å²) in [7, 11) is 1.29. The number of ether oxygens (including phenoxy) is 1. The molecule has 0 atom stereocenters. The van der Waals surface area contributed by atoms with Crippen molar-refractivity contribution >= 4 is 23.2 Å².